The van der Waals surface area contributed by atoms with Gasteiger partial charge in [0, 0.05) is 20.1 Å². The topological polar surface area (TPSA) is 57.7 Å². The molecule has 8 heteroatoms. The first-order valence-corrected chi connectivity index (χ1v) is 9.85. The molecule has 0 radical (unpaired) electrons. The highest BCUT2D eigenvalue weighted by molar-refractivity contribution is 7.89. The molecule has 0 aliphatic carbocycles. The standard InChI is InChI=1S/C16H17FN2O3S2/c1-18(13-7-3-2-6-12(13)17)16(20)15-14(8-11-23-15)24(21,22)19-9-4-5-10-19/h2-3,6-8,11H,4-5,9-10H2,1H3. The van der Waals surface area contributed by atoms with E-state index in [-0.39, 0.29) is 15.5 Å². The molecule has 1 aromatic carbocycles. The Kier molecular flexibility index (Phi) is 4.71. The summed E-state index contributed by atoms with van der Waals surface area (Å²) in [6.45, 7) is 0.934. The lowest BCUT2D eigenvalue weighted by Crippen LogP contribution is -2.31. The van der Waals surface area contributed by atoms with Crippen molar-refractivity contribution >= 4 is 33.0 Å². The zero-order valence-electron chi connectivity index (χ0n) is 13.1. The van der Waals surface area contributed by atoms with Gasteiger partial charge in [-0.1, -0.05) is 12.1 Å². The molecule has 1 amide bonds. The fourth-order valence-corrected chi connectivity index (χ4v) is 5.60. The lowest BCUT2D eigenvalue weighted by Gasteiger charge is -2.19. The lowest BCUT2D eigenvalue weighted by atomic mass is 10.2. The summed E-state index contributed by atoms with van der Waals surface area (Å²) in [5, 5.41) is 1.57. The Balaban J connectivity index is 1.95. The fraction of sp³-hybridized carbons (Fsp3) is 0.312. The number of thiophene rings is 1. The van der Waals surface area contributed by atoms with E-state index >= 15 is 0 Å². The number of hydrogen-bond donors (Lipinski definition) is 0. The van der Waals surface area contributed by atoms with Crippen molar-refractivity contribution < 1.29 is 17.6 Å². The van der Waals surface area contributed by atoms with Gasteiger partial charge in [-0.05, 0) is 36.4 Å². The van der Waals surface area contributed by atoms with Crippen LogP contribution in [0.3, 0.4) is 0 Å². The van der Waals surface area contributed by atoms with Crippen molar-refractivity contribution in [3.05, 3.63) is 46.4 Å². The molecule has 128 valence electrons. The highest BCUT2D eigenvalue weighted by atomic mass is 32.2. The third-order valence-corrected chi connectivity index (χ3v) is 7.00. The van der Waals surface area contributed by atoms with Gasteiger partial charge in [0.05, 0.1) is 5.69 Å². The van der Waals surface area contributed by atoms with Crippen LogP contribution in [-0.2, 0) is 10.0 Å². The van der Waals surface area contributed by atoms with Crippen LogP contribution in [0.1, 0.15) is 22.5 Å². The number of para-hydroxylation sites is 1. The minimum absolute atomic E-state index is 0.00240. The molecule has 1 saturated heterocycles. The molecule has 5 nitrogen and oxygen atoms in total. The molecule has 0 N–H and O–H groups in total. The average Bonchev–Trinajstić information content (AvgIpc) is 3.25. The van der Waals surface area contributed by atoms with Crippen LogP contribution in [0.25, 0.3) is 0 Å². The number of carbonyl (C=O) groups excluding carboxylic acids is 1. The molecular formula is C16H17FN2O3S2. The van der Waals surface area contributed by atoms with E-state index in [0.29, 0.717) is 13.1 Å². The first-order chi connectivity index (χ1) is 11.4. The Labute approximate surface area is 144 Å². The second kappa shape index (κ2) is 6.62. The van der Waals surface area contributed by atoms with E-state index in [1.807, 2.05) is 0 Å². The maximum absolute atomic E-state index is 13.9. The van der Waals surface area contributed by atoms with Gasteiger partial charge >= 0.3 is 0 Å². The van der Waals surface area contributed by atoms with Gasteiger partial charge in [0.2, 0.25) is 10.0 Å². The van der Waals surface area contributed by atoms with E-state index in [1.165, 1.54) is 35.6 Å². The minimum Gasteiger partial charge on any atom is -0.308 e. The monoisotopic (exact) mass is 368 g/mol. The van der Waals surface area contributed by atoms with Gasteiger partial charge in [-0.25, -0.2) is 12.8 Å². The van der Waals surface area contributed by atoms with Gasteiger partial charge in [0.25, 0.3) is 5.91 Å². The molecule has 0 atom stereocenters. The SMILES string of the molecule is CN(C(=O)c1sccc1S(=O)(=O)N1CCCC1)c1ccccc1F. The molecule has 2 heterocycles. The average molecular weight is 368 g/mol. The summed E-state index contributed by atoms with van der Waals surface area (Å²) in [5.74, 6) is -1.07. The number of nitrogens with zero attached hydrogens (tertiary/aromatic N) is 2. The number of amides is 1. The van der Waals surface area contributed by atoms with Crippen LogP contribution in [0.15, 0.2) is 40.6 Å². The summed E-state index contributed by atoms with van der Waals surface area (Å²) in [6, 6.07) is 7.34. The van der Waals surface area contributed by atoms with Crippen LogP contribution in [0.2, 0.25) is 0 Å². The fourth-order valence-electron chi connectivity index (χ4n) is 2.71. The van der Waals surface area contributed by atoms with E-state index in [9.17, 15) is 17.6 Å². The van der Waals surface area contributed by atoms with Gasteiger partial charge in [-0.2, -0.15) is 4.31 Å². The Morgan fingerprint density at radius 3 is 2.54 bits per heavy atom. The van der Waals surface area contributed by atoms with Crippen molar-refractivity contribution in [2.45, 2.75) is 17.7 Å². The summed E-state index contributed by atoms with van der Waals surface area (Å²) in [6.07, 6.45) is 1.64. The van der Waals surface area contributed by atoms with Crippen LogP contribution in [-0.4, -0.2) is 38.8 Å². The molecule has 0 bridgehead atoms. The van der Waals surface area contributed by atoms with Crippen LogP contribution < -0.4 is 4.90 Å². The van der Waals surface area contributed by atoms with Crippen molar-refractivity contribution in [1.29, 1.82) is 0 Å². The number of benzene rings is 1. The smallest absolute Gasteiger partial charge is 0.269 e. The van der Waals surface area contributed by atoms with E-state index in [4.69, 9.17) is 0 Å². The number of rotatable bonds is 4. The zero-order chi connectivity index (χ0) is 17.3. The van der Waals surface area contributed by atoms with Crippen LogP contribution >= 0.6 is 11.3 Å². The normalized spacial score (nSPS) is 15.6. The molecule has 24 heavy (non-hydrogen) atoms. The molecule has 1 aliphatic rings. The van der Waals surface area contributed by atoms with Gasteiger partial charge in [0.15, 0.2) is 0 Å². The van der Waals surface area contributed by atoms with Crippen molar-refractivity contribution in [3.8, 4) is 0 Å². The van der Waals surface area contributed by atoms with Crippen LogP contribution in [0, 0.1) is 5.82 Å². The minimum atomic E-state index is -3.69. The second-order valence-electron chi connectivity index (χ2n) is 5.54. The maximum atomic E-state index is 13.9. The molecule has 0 spiro atoms. The third-order valence-electron chi connectivity index (χ3n) is 4.02. The van der Waals surface area contributed by atoms with E-state index in [1.54, 1.807) is 11.4 Å². The van der Waals surface area contributed by atoms with Gasteiger partial charge in [0.1, 0.15) is 15.6 Å². The summed E-state index contributed by atoms with van der Waals surface area (Å²) in [4.78, 5) is 14.0. The van der Waals surface area contributed by atoms with E-state index in [0.717, 1.165) is 29.1 Å². The number of halogens is 1. The number of hydrogen-bond acceptors (Lipinski definition) is 4. The second-order valence-corrected chi connectivity index (χ2v) is 8.36. The van der Waals surface area contributed by atoms with Crippen molar-refractivity contribution in [3.63, 3.8) is 0 Å². The quantitative estimate of drug-likeness (QED) is 0.834. The van der Waals surface area contributed by atoms with Crippen molar-refractivity contribution in [2.75, 3.05) is 25.0 Å². The van der Waals surface area contributed by atoms with Crippen molar-refractivity contribution in [2.24, 2.45) is 0 Å². The molecule has 1 aliphatic heterocycles. The van der Waals surface area contributed by atoms with Gasteiger partial charge < -0.3 is 4.90 Å². The number of anilines is 1. The Morgan fingerprint density at radius 2 is 1.88 bits per heavy atom. The molecular weight excluding hydrogens is 351 g/mol. The van der Waals surface area contributed by atoms with Gasteiger partial charge in [-0.3, -0.25) is 4.79 Å². The Morgan fingerprint density at radius 1 is 1.21 bits per heavy atom. The predicted molar refractivity (Wildman–Crippen MR) is 91.4 cm³/mol. The van der Waals surface area contributed by atoms with Crippen LogP contribution in [0.5, 0.6) is 0 Å². The first kappa shape index (κ1) is 17.1. The molecule has 0 saturated carbocycles. The summed E-state index contributed by atoms with van der Waals surface area (Å²) < 4.78 is 40.8. The number of sulfonamides is 1. The third kappa shape index (κ3) is 2.97. The Hall–Kier alpha value is -1.77. The van der Waals surface area contributed by atoms with E-state index < -0.39 is 21.7 Å². The lowest BCUT2D eigenvalue weighted by molar-refractivity contribution is 0.0993. The van der Waals surface area contributed by atoms with Gasteiger partial charge in [-0.15, -0.1) is 11.3 Å². The first-order valence-electron chi connectivity index (χ1n) is 7.53. The summed E-state index contributed by atoms with van der Waals surface area (Å²) in [7, 11) is -2.26. The maximum Gasteiger partial charge on any atom is 0.269 e. The summed E-state index contributed by atoms with van der Waals surface area (Å²) >= 11 is 1.05. The van der Waals surface area contributed by atoms with Crippen LogP contribution in [0.4, 0.5) is 10.1 Å². The van der Waals surface area contributed by atoms with Crippen molar-refractivity contribution in [1.82, 2.24) is 4.31 Å². The molecule has 1 fully saturated rings. The predicted octanol–water partition coefficient (Wildman–Crippen LogP) is 2.95. The number of carbonyl (C=O) groups is 1. The largest absolute Gasteiger partial charge is 0.308 e. The zero-order valence-corrected chi connectivity index (χ0v) is 14.7. The van der Waals surface area contributed by atoms with E-state index in [2.05, 4.69) is 0 Å². The molecule has 3 rings (SSSR count). The summed E-state index contributed by atoms with van der Waals surface area (Å²) in [5.41, 5.74) is 0.112. The molecule has 0 unspecified atom stereocenters. The molecule has 2 aromatic rings. The Bertz CT molecular complexity index is 858. The molecule has 1 aromatic heterocycles. The highest BCUT2D eigenvalue weighted by Crippen LogP contribution is 2.30. The highest BCUT2D eigenvalue weighted by Gasteiger charge is 2.33.